The average molecular weight is 341 g/mol. The lowest BCUT2D eigenvalue weighted by molar-refractivity contribution is -0.128. The molecule has 1 saturated heterocycles. The first-order valence-corrected chi connectivity index (χ1v) is 7.66. The molecule has 2 rings (SSSR count). The van der Waals surface area contributed by atoms with Gasteiger partial charge in [0.1, 0.15) is 0 Å². The number of carbonyl (C=O) groups excluding carboxylic acids is 1. The molecule has 0 radical (unpaired) electrons. The third-order valence-corrected chi connectivity index (χ3v) is 3.91. The lowest BCUT2D eigenvalue weighted by atomic mass is 10.1. The van der Waals surface area contributed by atoms with E-state index in [0.717, 1.165) is 12.8 Å². The van der Waals surface area contributed by atoms with E-state index < -0.39 is 6.61 Å². The highest BCUT2D eigenvalue weighted by Gasteiger charge is 2.21. The Labute approximate surface area is 139 Å². The zero-order valence-corrected chi connectivity index (χ0v) is 13.7. The Balaban J connectivity index is 1.99. The molecular weight excluding hydrogens is 320 g/mol. The average Bonchev–Trinajstić information content (AvgIpc) is 2.60. The maximum atomic E-state index is 12.3. The molecule has 0 spiro atoms. The maximum Gasteiger partial charge on any atom is 0.387 e. The zero-order valence-electron chi connectivity index (χ0n) is 13.7. The third kappa shape index (κ3) is 4.92. The monoisotopic (exact) mass is 341 g/mol. The summed E-state index contributed by atoms with van der Waals surface area (Å²) in [6.45, 7) is -1.60. The van der Waals surface area contributed by atoms with Gasteiger partial charge in [0.25, 0.3) is 0 Å². The van der Waals surface area contributed by atoms with Crippen molar-refractivity contribution in [1.82, 2.24) is 4.90 Å². The minimum absolute atomic E-state index is 0.0439. The van der Waals surface area contributed by atoms with E-state index in [-0.39, 0.29) is 23.5 Å². The molecular formula is C17H21F2NO4. The van der Waals surface area contributed by atoms with Crippen molar-refractivity contribution in [2.24, 2.45) is 0 Å². The van der Waals surface area contributed by atoms with Gasteiger partial charge < -0.3 is 19.1 Å². The Morgan fingerprint density at radius 3 is 2.54 bits per heavy atom. The number of benzene rings is 1. The van der Waals surface area contributed by atoms with Gasteiger partial charge in [-0.3, -0.25) is 4.79 Å². The van der Waals surface area contributed by atoms with E-state index in [1.165, 1.54) is 19.3 Å². The van der Waals surface area contributed by atoms with Gasteiger partial charge in [-0.2, -0.15) is 8.78 Å². The molecule has 0 bridgehead atoms. The summed E-state index contributed by atoms with van der Waals surface area (Å²) in [7, 11) is 3.04. The van der Waals surface area contributed by atoms with Crippen molar-refractivity contribution >= 4 is 12.0 Å². The van der Waals surface area contributed by atoms with Crippen molar-refractivity contribution in [1.29, 1.82) is 0 Å². The quantitative estimate of drug-likeness (QED) is 0.747. The summed E-state index contributed by atoms with van der Waals surface area (Å²) in [5, 5.41) is 0. The van der Waals surface area contributed by atoms with Gasteiger partial charge in [0, 0.05) is 26.3 Å². The standard InChI is InChI=1S/C17H21F2NO4/c1-22-13-7-9-20(10-8-13)16(21)6-4-12-3-5-14(24-17(18)19)15(11-12)23-2/h3-6,11,13,17H,7-10H2,1-2H3/b6-4+. The Morgan fingerprint density at radius 1 is 1.25 bits per heavy atom. The van der Waals surface area contributed by atoms with Gasteiger partial charge in [-0.1, -0.05) is 6.07 Å². The van der Waals surface area contributed by atoms with E-state index in [9.17, 15) is 13.6 Å². The summed E-state index contributed by atoms with van der Waals surface area (Å²) < 4.78 is 39.3. The number of carbonyl (C=O) groups is 1. The van der Waals surface area contributed by atoms with E-state index in [1.54, 1.807) is 30.2 Å². The summed E-state index contributed by atoms with van der Waals surface area (Å²) in [5.74, 6) is 0.0554. The van der Waals surface area contributed by atoms with Crippen LogP contribution >= 0.6 is 0 Å². The molecule has 0 aromatic heterocycles. The molecule has 7 heteroatoms. The molecule has 0 saturated carbocycles. The van der Waals surface area contributed by atoms with E-state index >= 15 is 0 Å². The molecule has 1 aliphatic rings. The number of alkyl halides is 2. The molecule has 1 amide bonds. The smallest absolute Gasteiger partial charge is 0.387 e. The lowest BCUT2D eigenvalue weighted by Gasteiger charge is -2.30. The fourth-order valence-electron chi connectivity index (χ4n) is 2.57. The minimum Gasteiger partial charge on any atom is -0.493 e. The summed E-state index contributed by atoms with van der Waals surface area (Å²) in [4.78, 5) is 13.9. The Kier molecular flexibility index (Phi) is 6.54. The van der Waals surface area contributed by atoms with E-state index in [1.807, 2.05) is 0 Å². The van der Waals surface area contributed by atoms with Gasteiger partial charge in [-0.25, -0.2) is 0 Å². The number of hydrogen-bond acceptors (Lipinski definition) is 4. The van der Waals surface area contributed by atoms with Gasteiger partial charge in [-0.05, 0) is 36.6 Å². The number of methoxy groups -OCH3 is 2. The van der Waals surface area contributed by atoms with Crippen LogP contribution in [0.5, 0.6) is 11.5 Å². The molecule has 0 aliphatic carbocycles. The molecule has 1 aliphatic heterocycles. The second-order valence-corrected chi connectivity index (χ2v) is 5.38. The van der Waals surface area contributed by atoms with E-state index in [4.69, 9.17) is 9.47 Å². The number of nitrogens with zero attached hydrogens (tertiary/aromatic N) is 1. The molecule has 1 heterocycles. The molecule has 0 atom stereocenters. The van der Waals surface area contributed by atoms with Gasteiger partial charge in [0.05, 0.1) is 13.2 Å². The van der Waals surface area contributed by atoms with E-state index in [0.29, 0.717) is 18.7 Å². The number of hydrogen-bond donors (Lipinski definition) is 0. The predicted octanol–water partition coefficient (Wildman–Crippen LogP) is 2.95. The van der Waals surface area contributed by atoms with Crippen LogP contribution in [0.1, 0.15) is 18.4 Å². The number of ether oxygens (including phenoxy) is 3. The molecule has 1 fully saturated rings. The minimum atomic E-state index is -2.92. The van der Waals surface area contributed by atoms with Crippen molar-refractivity contribution in [3.8, 4) is 11.5 Å². The fraction of sp³-hybridized carbons (Fsp3) is 0.471. The fourth-order valence-corrected chi connectivity index (χ4v) is 2.57. The molecule has 1 aromatic carbocycles. The number of piperidine rings is 1. The maximum absolute atomic E-state index is 12.3. The molecule has 1 aromatic rings. The number of halogens is 2. The molecule has 24 heavy (non-hydrogen) atoms. The van der Waals surface area contributed by atoms with Crippen LogP contribution < -0.4 is 9.47 Å². The topological polar surface area (TPSA) is 48.0 Å². The first-order valence-electron chi connectivity index (χ1n) is 7.66. The highest BCUT2D eigenvalue weighted by Crippen LogP contribution is 2.29. The Hall–Kier alpha value is -2.15. The van der Waals surface area contributed by atoms with Crippen LogP contribution in [0.4, 0.5) is 8.78 Å². The van der Waals surface area contributed by atoms with Gasteiger partial charge in [-0.15, -0.1) is 0 Å². The summed E-state index contributed by atoms with van der Waals surface area (Å²) in [5.41, 5.74) is 0.661. The number of rotatable bonds is 6. The molecule has 132 valence electrons. The molecule has 0 unspecified atom stereocenters. The normalized spacial score (nSPS) is 16.0. The number of amides is 1. The van der Waals surface area contributed by atoms with Crippen LogP contribution in [0, 0.1) is 0 Å². The Morgan fingerprint density at radius 2 is 1.96 bits per heavy atom. The Bertz CT molecular complexity index is 584. The van der Waals surface area contributed by atoms with Crippen LogP contribution in [0.3, 0.4) is 0 Å². The number of likely N-dealkylation sites (tertiary alicyclic amines) is 1. The van der Waals surface area contributed by atoms with Gasteiger partial charge >= 0.3 is 6.61 Å². The van der Waals surface area contributed by atoms with Crippen molar-refractivity contribution in [3.05, 3.63) is 29.8 Å². The summed E-state index contributed by atoms with van der Waals surface area (Å²) >= 11 is 0. The second kappa shape index (κ2) is 8.63. The van der Waals surface area contributed by atoms with Gasteiger partial charge in [0.2, 0.25) is 5.91 Å². The van der Waals surface area contributed by atoms with Crippen LogP contribution in [-0.4, -0.2) is 50.8 Å². The third-order valence-electron chi connectivity index (χ3n) is 3.91. The van der Waals surface area contributed by atoms with Crippen LogP contribution in [0.25, 0.3) is 6.08 Å². The lowest BCUT2D eigenvalue weighted by Crippen LogP contribution is -2.39. The molecule has 0 N–H and O–H groups in total. The first kappa shape index (κ1) is 18.2. The van der Waals surface area contributed by atoms with Crippen molar-refractivity contribution in [2.75, 3.05) is 27.3 Å². The highest BCUT2D eigenvalue weighted by atomic mass is 19.3. The SMILES string of the molecule is COc1cc(/C=C/C(=O)N2CCC(OC)CC2)ccc1OC(F)F. The van der Waals surface area contributed by atoms with E-state index in [2.05, 4.69) is 4.74 Å². The second-order valence-electron chi connectivity index (χ2n) is 5.38. The summed E-state index contributed by atoms with van der Waals surface area (Å²) in [6.07, 6.45) is 4.95. The van der Waals surface area contributed by atoms with Crippen LogP contribution in [0.15, 0.2) is 24.3 Å². The highest BCUT2D eigenvalue weighted by molar-refractivity contribution is 5.91. The van der Waals surface area contributed by atoms with Crippen LogP contribution in [-0.2, 0) is 9.53 Å². The van der Waals surface area contributed by atoms with Crippen molar-refractivity contribution in [2.45, 2.75) is 25.6 Å². The van der Waals surface area contributed by atoms with Crippen molar-refractivity contribution < 1.29 is 27.8 Å². The first-order chi connectivity index (χ1) is 11.5. The molecule has 5 nitrogen and oxygen atoms in total. The summed E-state index contributed by atoms with van der Waals surface area (Å²) in [6, 6.07) is 4.51. The zero-order chi connectivity index (χ0) is 17.5. The largest absolute Gasteiger partial charge is 0.493 e. The van der Waals surface area contributed by atoms with Crippen LogP contribution in [0.2, 0.25) is 0 Å². The van der Waals surface area contributed by atoms with Crippen molar-refractivity contribution in [3.63, 3.8) is 0 Å². The van der Waals surface area contributed by atoms with Gasteiger partial charge in [0.15, 0.2) is 11.5 Å². The predicted molar refractivity (Wildman–Crippen MR) is 85.3 cm³/mol.